The van der Waals surface area contributed by atoms with E-state index in [1.807, 2.05) is 0 Å². The van der Waals surface area contributed by atoms with Crippen LogP contribution in [0.1, 0.15) is 33.1 Å². The van der Waals surface area contributed by atoms with Crippen LogP contribution in [0, 0.1) is 11.7 Å². The van der Waals surface area contributed by atoms with Gasteiger partial charge >= 0.3 is 0 Å². The Morgan fingerprint density at radius 1 is 1.18 bits per heavy atom. The summed E-state index contributed by atoms with van der Waals surface area (Å²) in [4.78, 5) is 36.1. The van der Waals surface area contributed by atoms with Gasteiger partial charge in [0, 0.05) is 25.9 Å². The maximum atomic E-state index is 13.8. The molecule has 0 aliphatic carbocycles. The van der Waals surface area contributed by atoms with E-state index in [0.717, 1.165) is 17.0 Å². The van der Waals surface area contributed by atoms with Crippen LogP contribution in [0.3, 0.4) is 0 Å². The van der Waals surface area contributed by atoms with Crippen LogP contribution in [0.4, 0.5) is 4.39 Å². The molecule has 0 radical (unpaired) electrons. The van der Waals surface area contributed by atoms with Gasteiger partial charge < -0.3 is 5.32 Å². The lowest BCUT2D eigenvalue weighted by Crippen LogP contribution is -2.50. The van der Waals surface area contributed by atoms with E-state index in [-0.39, 0.29) is 43.7 Å². The van der Waals surface area contributed by atoms with Gasteiger partial charge in [0.25, 0.3) is 0 Å². The third-order valence-electron chi connectivity index (χ3n) is 4.37. The van der Waals surface area contributed by atoms with E-state index in [1.165, 1.54) is 12.1 Å². The number of carbonyl (C=O) groups is 3. The van der Waals surface area contributed by atoms with Gasteiger partial charge in [-0.3, -0.25) is 19.3 Å². The molecule has 28 heavy (non-hydrogen) atoms. The summed E-state index contributed by atoms with van der Waals surface area (Å²) < 4.78 is 40.9. The quantitative estimate of drug-likeness (QED) is 0.459. The largest absolute Gasteiger partial charge is 0.355 e. The van der Waals surface area contributed by atoms with Gasteiger partial charge in [-0.05, 0) is 24.5 Å². The molecule has 1 aromatic carbocycles. The molecule has 1 heterocycles. The van der Waals surface area contributed by atoms with Crippen molar-refractivity contribution in [2.75, 3.05) is 13.1 Å². The Morgan fingerprint density at radius 3 is 2.36 bits per heavy atom. The SMILES string of the molecule is CC(C)[C@H](NS(=O)(=O)c1ccccc1F)C(=O)NCCCN1C(=O)CCC1=O. The fourth-order valence-electron chi connectivity index (χ4n) is 2.82. The van der Waals surface area contributed by atoms with Crippen molar-refractivity contribution >= 4 is 27.7 Å². The molecule has 1 aliphatic heterocycles. The molecule has 1 atom stereocenters. The maximum Gasteiger partial charge on any atom is 0.244 e. The number of sulfonamides is 1. The van der Waals surface area contributed by atoms with Crippen molar-refractivity contribution in [1.29, 1.82) is 0 Å². The zero-order valence-electron chi connectivity index (χ0n) is 15.8. The second-order valence-corrected chi connectivity index (χ2v) is 8.54. The van der Waals surface area contributed by atoms with Crippen LogP contribution in [-0.4, -0.2) is 50.2 Å². The minimum absolute atomic E-state index is 0.167. The molecule has 2 rings (SSSR count). The van der Waals surface area contributed by atoms with Crippen molar-refractivity contribution < 1.29 is 27.2 Å². The van der Waals surface area contributed by atoms with Crippen LogP contribution in [0.5, 0.6) is 0 Å². The van der Waals surface area contributed by atoms with E-state index in [2.05, 4.69) is 10.0 Å². The molecule has 0 saturated carbocycles. The number of hydrogen-bond acceptors (Lipinski definition) is 5. The number of nitrogens with one attached hydrogen (secondary N) is 2. The van der Waals surface area contributed by atoms with Crippen molar-refractivity contribution in [2.24, 2.45) is 5.92 Å². The highest BCUT2D eigenvalue weighted by Gasteiger charge is 2.30. The summed E-state index contributed by atoms with van der Waals surface area (Å²) in [6.07, 6.45) is 0.769. The molecule has 1 aliphatic rings. The van der Waals surface area contributed by atoms with Crippen LogP contribution in [0.15, 0.2) is 29.2 Å². The number of hydrogen-bond donors (Lipinski definition) is 2. The minimum atomic E-state index is -4.22. The van der Waals surface area contributed by atoms with Crippen molar-refractivity contribution in [3.05, 3.63) is 30.1 Å². The first-order valence-electron chi connectivity index (χ1n) is 9.01. The smallest absolute Gasteiger partial charge is 0.244 e. The van der Waals surface area contributed by atoms with Gasteiger partial charge in [-0.2, -0.15) is 4.72 Å². The van der Waals surface area contributed by atoms with Gasteiger partial charge in [0.1, 0.15) is 16.8 Å². The summed E-state index contributed by atoms with van der Waals surface area (Å²) in [6, 6.07) is 3.82. The van der Waals surface area contributed by atoms with Gasteiger partial charge in [-0.1, -0.05) is 26.0 Å². The topological polar surface area (TPSA) is 113 Å². The predicted octanol–water partition coefficient (Wildman–Crippen LogP) is 0.784. The zero-order chi connectivity index (χ0) is 20.9. The second kappa shape index (κ2) is 9.24. The van der Waals surface area contributed by atoms with Crippen LogP contribution in [0.2, 0.25) is 0 Å². The van der Waals surface area contributed by atoms with Crippen LogP contribution in [0.25, 0.3) is 0 Å². The monoisotopic (exact) mass is 413 g/mol. The molecule has 0 aromatic heterocycles. The second-order valence-electron chi connectivity index (χ2n) is 6.86. The average Bonchev–Trinajstić information content (AvgIpc) is 2.94. The van der Waals surface area contributed by atoms with Crippen LogP contribution >= 0.6 is 0 Å². The van der Waals surface area contributed by atoms with Gasteiger partial charge in [0.15, 0.2) is 0 Å². The Labute approximate surface area is 163 Å². The molecule has 0 unspecified atom stereocenters. The Morgan fingerprint density at radius 2 is 1.79 bits per heavy atom. The van der Waals surface area contributed by atoms with Gasteiger partial charge in [-0.15, -0.1) is 0 Å². The van der Waals surface area contributed by atoms with E-state index in [1.54, 1.807) is 13.8 Å². The fraction of sp³-hybridized carbons (Fsp3) is 0.500. The highest BCUT2D eigenvalue weighted by molar-refractivity contribution is 7.89. The normalized spacial score (nSPS) is 15.9. The number of amides is 3. The van der Waals surface area contributed by atoms with E-state index in [4.69, 9.17) is 0 Å². The summed E-state index contributed by atoms with van der Waals surface area (Å²) in [5.74, 6) is -2.31. The number of imide groups is 1. The van der Waals surface area contributed by atoms with Gasteiger partial charge in [0.2, 0.25) is 27.7 Å². The van der Waals surface area contributed by atoms with E-state index in [0.29, 0.717) is 6.42 Å². The number of rotatable bonds is 9. The predicted molar refractivity (Wildman–Crippen MR) is 98.9 cm³/mol. The van der Waals surface area contributed by atoms with Crippen molar-refractivity contribution in [3.8, 4) is 0 Å². The lowest BCUT2D eigenvalue weighted by Gasteiger charge is -2.22. The zero-order valence-corrected chi connectivity index (χ0v) is 16.6. The van der Waals surface area contributed by atoms with E-state index >= 15 is 0 Å². The molecule has 10 heteroatoms. The number of likely N-dealkylation sites (tertiary alicyclic amines) is 1. The molecule has 8 nitrogen and oxygen atoms in total. The Bertz CT molecular complexity index is 841. The minimum Gasteiger partial charge on any atom is -0.355 e. The Kier molecular flexibility index (Phi) is 7.25. The summed E-state index contributed by atoms with van der Waals surface area (Å²) >= 11 is 0. The highest BCUT2D eigenvalue weighted by Crippen LogP contribution is 2.16. The number of carbonyl (C=O) groups excluding carboxylic acids is 3. The molecule has 1 fully saturated rings. The Balaban J connectivity index is 1.94. The van der Waals surface area contributed by atoms with Gasteiger partial charge in [-0.25, -0.2) is 12.8 Å². The molecule has 1 saturated heterocycles. The van der Waals surface area contributed by atoms with Crippen molar-refractivity contribution in [3.63, 3.8) is 0 Å². The fourth-order valence-corrected chi connectivity index (χ4v) is 4.24. The van der Waals surface area contributed by atoms with Crippen LogP contribution < -0.4 is 10.0 Å². The van der Waals surface area contributed by atoms with E-state index < -0.39 is 32.7 Å². The average molecular weight is 413 g/mol. The summed E-state index contributed by atoms with van der Waals surface area (Å²) in [5, 5.41) is 2.60. The first-order chi connectivity index (χ1) is 13.1. The standard InChI is InChI=1S/C18H24FN3O5S/c1-12(2)17(21-28(26,27)14-7-4-3-6-13(14)19)18(25)20-10-5-11-22-15(23)8-9-16(22)24/h3-4,6-7,12,17,21H,5,8-11H2,1-2H3,(H,20,25)/t17-/m0/s1. The third-order valence-corrected chi connectivity index (χ3v) is 5.84. The molecule has 3 amide bonds. The maximum absolute atomic E-state index is 13.8. The Hall–Kier alpha value is -2.33. The molecule has 0 bridgehead atoms. The van der Waals surface area contributed by atoms with Crippen LogP contribution in [-0.2, 0) is 24.4 Å². The molecule has 0 spiro atoms. The molecule has 1 aromatic rings. The lowest BCUT2D eigenvalue weighted by atomic mass is 10.1. The molecular formula is C18H24FN3O5S. The van der Waals surface area contributed by atoms with Crippen molar-refractivity contribution in [2.45, 2.75) is 44.0 Å². The number of nitrogens with zero attached hydrogens (tertiary/aromatic N) is 1. The number of benzene rings is 1. The van der Waals surface area contributed by atoms with Gasteiger partial charge in [0.05, 0.1) is 0 Å². The molecule has 154 valence electrons. The lowest BCUT2D eigenvalue weighted by molar-refractivity contribution is -0.138. The molecular weight excluding hydrogens is 389 g/mol. The number of halogens is 1. The highest BCUT2D eigenvalue weighted by atomic mass is 32.2. The van der Waals surface area contributed by atoms with Crippen molar-refractivity contribution in [1.82, 2.24) is 14.9 Å². The third kappa shape index (κ3) is 5.35. The first-order valence-corrected chi connectivity index (χ1v) is 10.5. The van der Waals surface area contributed by atoms with E-state index in [9.17, 15) is 27.2 Å². The molecule has 2 N–H and O–H groups in total. The first kappa shape index (κ1) is 22.0. The summed E-state index contributed by atoms with van der Waals surface area (Å²) in [7, 11) is -4.22. The summed E-state index contributed by atoms with van der Waals surface area (Å²) in [5.41, 5.74) is 0. The summed E-state index contributed by atoms with van der Waals surface area (Å²) in [6.45, 7) is 3.69.